The Morgan fingerprint density at radius 2 is 2.16 bits per heavy atom. The Bertz CT molecular complexity index is 663. The summed E-state index contributed by atoms with van der Waals surface area (Å²) in [6.07, 6.45) is 1.82. The van der Waals surface area contributed by atoms with Crippen LogP contribution in [-0.2, 0) is 0 Å². The molecule has 0 bridgehead atoms. The maximum atomic E-state index is 13.1. The molecule has 0 saturated heterocycles. The van der Waals surface area contributed by atoms with Crippen LogP contribution in [0.25, 0.3) is 0 Å². The average molecular weight is 323 g/mol. The van der Waals surface area contributed by atoms with Crippen molar-refractivity contribution in [1.82, 2.24) is 10.3 Å². The van der Waals surface area contributed by atoms with Gasteiger partial charge in [-0.05, 0) is 24.3 Å². The van der Waals surface area contributed by atoms with Gasteiger partial charge in [-0.15, -0.1) is 0 Å². The lowest BCUT2D eigenvalue weighted by atomic mass is 10.1. The molecule has 4 nitrogen and oxygen atoms in total. The van der Waals surface area contributed by atoms with Crippen LogP contribution in [-0.4, -0.2) is 10.9 Å². The summed E-state index contributed by atoms with van der Waals surface area (Å²) in [6, 6.07) is 6.42. The normalized spacial score (nSPS) is 17.4. The molecular formula is C13H8BrFN2O2. The molecule has 0 spiro atoms. The fourth-order valence-corrected chi connectivity index (χ4v) is 2.22. The van der Waals surface area contributed by atoms with E-state index in [1.165, 1.54) is 12.3 Å². The number of carbonyl (C=O) groups is 1. The largest absolute Gasteiger partial charge is 0.465 e. The van der Waals surface area contributed by atoms with E-state index >= 15 is 0 Å². The van der Waals surface area contributed by atoms with Gasteiger partial charge < -0.3 is 10.1 Å². The van der Waals surface area contributed by atoms with E-state index in [0.717, 1.165) is 10.7 Å². The predicted octanol–water partition coefficient (Wildman–Crippen LogP) is 2.80. The van der Waals surface area contributed by atoms with Crippen LogP contribution in [0.4, 0.5) is 4.39 Å². The minimum absolute atomic E-state index is 0.267. The molecule has 3 rings (SSSR count). The molecule has 1 aliphatic rings. The van der Waals surface area contributed by atoms with Crippen LogP contribution in [0.3, 0.4) is 0 Å². The highest BCUT2D eigenvalue weighted by Crippen LogP contribution is 2.31. The van der Waals surface area contributed by atoms with E-state index in [1.807, 2.05) is 0 Å². The molecule has 1 N–H and O–H groups in total. The summed E-state index contributed by atoms with van der Waals surface area (Å²) < 4.78 is 19.6. The van der Waals surface area contributed by atoms with Crippen LogP contribution < -0.4 is 10.1 Å². The fourth-order valence-electron chi connectivity index (χ4n) is 1.86. The molecular weight excluding hydrogens is 315 g/mol. The minimum atomic E-state index is -0.732. The van der Waals surface area contributed by atoms with E-state index in [2.05, 4.69) is 26.2 Å². The van der Waals surface area contributed by atoms with E-state index < -0.39 is 12.0 Å². The SMILES string of the molecule is O=C1NC(c2cncc(F)c2)Oc2ccc(Br)cc21. The van der Waals surface area contributed by atoms with Gasteiger partial charge in [-0.25, -0.2) is 4.39 Å². The summed E-state index contributed by atoms with van der Waals surface area (Å²) in [5, 5.41) is 2.65. The van der Waals surface area contributed by atoms with Gasteiger partial charge in [0.1, 0.15) is 11.6 Å². The zero-order valence-corrected chi connectivity index (χ0v) is 11.1. The number of hydrogen-bond acceptors (Lipinski definition) is 3. The Morgan fingerprint density at radius 1 is 1.32 bits per heavy atom. The van der Waals surface area contributed by atoms with Crippen LogP contribution in [0.5, 0.6) is 5.75 Å². The van der Waals surface area contributed by atoms with Gasteiger partial charge in [0, 0.05) is 16.2 Å². The third kappa shape index (κ3) is 2.31. The van der Waals surface area contributed by atoms with Crippen molar-refractivity contribution in [2.75, 3.05) is 0 Å². The second kappa shape index (κ2) is 4.62. The van der Waals surface area contributed by atoms with Gasteiger partial charge in [-0.2, -0.15) is 0 Å². The summed E-state index contributed by atoms with van der Waals surface area (Å²) in [5.74, 6) is -0.282. The molecule has 2 aromatic rings. The number of nitrogens with one attached hydrogen (secondary N) is 1. The lowest BCUT2D eigenvalue weighted by molar-refractivity contribution is 0.0755. The van der Waals surface area contributed by atoms with Crippen molar-refractivity contribution in [1.29, 1.82) is 0 Å². The molecule has 1 atom stereocenters. The molecule has 0 aliphatic carbocycles. The fraction of sp³-hybridized carbons (Fsp3) is 0.0769. The number of halogens is 2. The predicted molar refractivity (Wildman–Crippen MR) is 69.2 cm³/mol. The number of hydrogen-bond donors (Lipinski definition) is 1. The molecule has 6 heteroatoms. The molecule has 1 unspecified atom stereocenters. The smallest absolute Gasteiger partial charge is 0.258 e. The third-order valence-electron chi connectivity index (χ3n) is 2.72. The van der Waals surface area contributed by atoms with Crippen LogP contribution in [0.2, 0.25) is 0 Å². The topological polar surface area (TPSA) is 51.2 Å². The van der Waals surface area contributed by atoms with Crippen molar-refractivity contribution in [2.24, 2.45) is 0 Å². The highest BCUT2D eigenvalue weighted by atomic mass is 79.9. The number of ether oxygens (including phenoxy) is 1. The van der Waals surface area contributed by atoms with Crippen molar-refractivity contribution >= 4 is 21.8 Å². The number of carbonyl (C=O) groups excluding carboxylic acids is 1. The van der Waals surface area contributed by atoms with Crippen molar-refractivity contribution in [3.8, 4) is 5.75 Å². The summed E-state index contributed by atoms with van der Waals surface area (Å²) in [4.78, 5) is 15.7. The first-order valence-corrected chi connectivity index (χ1v) is 6.30. The molecule has 1 aromatic heterocycles. The first-order chi connectivity index (χ1) is 9.13. The number of rotatable bonds is 1. The van der Waals surface area contributed by atoms with E-state index in [0.29, 0.717) is 16.9 Å². The van der Waals surface area contributed by atoms with Gasteiger partial charge in [-0.1, -0.05) is 15.9 Å². The Kier molecular flexibility index (Phi) is 2.94. The number of pyridine rings is 1. The third-order valence-corrected chi connectivity index (χ3v) is 3.22. The minimum Gasteiger partial charge on any atom is -0.465 e. The molecule has 96 valence electrons. The van der Waals surface area contributed by atoms with E-state index in [9.17, 15) is 9.18 Å². The van der Waals surface area contributed by atoms with Gasteiger partial charge in [0.2, 0.25) is 0 Å². The van der Waals surface area contributed by atoms with E-state index in [-0.39, 0.29) is 5.91 Å². The molecule has 0 saturated carbocycles. The molecule has 2 heterocycles. The Labute approximate surface area is 116 Å². The lowest BCUT2D eigenvalue weighted by Gasteiger charge is -2.26. The van der Waals surface area contributed by atoms with Crippen LogP contribution in [0, 0.1) is 5.82 Å². The maximum Gasteiger partial charge on any atom is 0.258 e. The van der Waals surface area contributed by atoms with Crippen LogP contribution >= 0.6 is 15.9 Å². The van der Waals surface area contributed by atoms with Gasteiger partial charge in [-0.3, -0.25) is 9.78 Å². The summed E-state index contributed by atoms with van der Waals surface area (Å²) in [5.41, 5.74) is 0.900. The van der Waals surface area contributed by atoms with Crippen molar-refractivity contribution < 1.29 is 13.9 Å². The molecule has 1 aromatic carbocycles. The quantitative estimate of drug-likeness (QED) is 0.878. The Morgan fingerprint density at radius 3 is 2.95 bits per heavy atom. The van der Waals surface area contributed by atoms with Gasteiger partial charge in [0.15, 0.2) is 6.23 Å². The first-order valence-electron chi connectivity index (χ1n) is 5.51. The molecule has 19 heavy (non-hydrogen) atoms. The van der Waals surface area contributed by atoms with E-state index in [4.69, 9.17) is 4.74 Å². The van der Waals surface area contributed by atoms with Crippen LogP contribution in [0.15, 0.2) is 41.1 Å². The lowest BCUT2D eigenvalue weighted by Crippen LogP contribution is -2.36. The van der Waals surface area contributed by atoms with Crippen molar-refractivity contribution in [3.63, 3.8) is 0 Å². The number of aromatic nitrogens is 1. The number of amides is 1. The molecule has 0 fully saturated rings. The van der Waals surface area contributed by atoms with Gasteiger partial charge in [0.25, 0.3) is 5.91 Å². The Hall–Kier alpha value is -1.95. The average Bonchev–Trinajstić information content (AvgIpc) is 2.39. The van der Waals surface area contributed by atoms with E-state index in [1.54, 1.807) is 18.2 Å². The van der Waals surface area contributed by atoms with Crippen molar-refractivity contribution in [3.05, 3.63) is 58.1 Å². The van der Waals surface area contributed by atoms with Gasteiger partial charge in [0.05, 0.1) is 11.8 Å². The second-order valence-corrected chi connectivity index (χ2v) is 4.96. The monoisotopic (exact) mass is 322 g/mol. The second-order valence-electron chi connectivity index (χ2n) is 4.05. The number of benzene rings is 1. The highest BCUT2D eigenvalue weighted by Gasteiger charge is 2.27. The number of fused-ring (bicyclic) bond motifs is 1. The maximum absolute atomic E-state index is 13.1. The standard InChI is InChI=1S/C13H8BrFN2O2/c14-8-1-2-11-10(4-8)12(18)17-13(19-11)7-3-9(15)6-16-5-7/h1-6,13H,(H,17,18). The zero-order valence-electron chi connectivity index (χ0n) is 9.56. The van der Waals surface area contributed by atoms with Crippen molar-refractivity contribution in [2.45, 2.75) is 6.23 Å². The van der Waals surface area contributed by atoms with Gasteiger partial charge >= 0.3 is 0 Å². The summed E-state index contributed by atoms with van der Waals surface area (Å²) in [7, 11) is 0. The highest BCUT2D eigenvalue weighted by molar-refractivity contribution is 9.10. The molecule has 1 amide bonds. The zero-order chi connectivity index (χ0) is 13.4. The summed E-state index contributed by atoms with van der Waals surface area (Å²) >= 11 is 3.29. The summed E-state index contributed by atoms with van der Waals surface area (Å²) in [6.45, 7) is 0. The Balaban J connectivity index is 1.97. The number of nitrogens with zero attached hydrogens (tertiary/aromatic N) is 1. The first kappa shape index (κ1) is 12.1. The molecule has 0 radical (unpaired) electrons. The molecule has 1 aliphatic heterocycles. The van der Waals surface area contributed by atoms with Crippen LogP contribution in [0.1, 0.15) is 22.1 Å².